The number of hydrogen-bond donors (Lipinski definition) is 0. The molecule has 6 aromatic rings. The molecule has 1 aliphatic rings. The molecule has 0 bridgehead atoms. The molecule has 2 nitrogen and oxygen atoms in total. The maximum Gasteiger partial charge on any atom is 0.0164 e. The third-order valence-corrected chi connectivity index (χ3v) is 6.65. The normalized spacial score (nSPS) is 13.0. The summed E-state index contributed by atoms with van der Waals surface area (Å²) < 4.78 is 0. The van der Waals surface area contributed by atoms with E-state index in [0.29, 0.717) is 0 Å². The van der Waals surface area contributed by atoms with E-state index in [1.165, 1.54) is 32.7 Å². The minimum atomic E-state index is 0. The van der Waals surface area contributed by atoms with Gasteiger partial charge < -0.3 is 9.97 Å². The van der Waals surface area contributed by atoms with Gasteiger partial charge in [-0.05, 0) is 45.2 Å². The standard InChI is InChI=1S/C20H14N.C11H8N.Ir/c1-20(2)15-9-5-8-13-12-6-3-4-7-14(12)19-18(17(13)15)16(20)10-11-21-19;1-2-6-10(7-3-1)11-8-4-5-9-12-11;/h3-6,8-11H,1-2H3;1-6,8-9H;/q2*-1;. The van der Waals surface area contributed by atoms with E-state index < -0.39 is 0 Å². The molecule has 7 rings (SSSR count). The number of nitrogens with zero attached hydrogens (tertiary/aromatic N) is 2. The van der Waals surface area contributed by atoms with Gasteiger partial charge in [-0.25, -0.2) is 0 Å². The van der Waals surface area contributed by atoms with Gasteiger partial charge in [0, 0.05) is 37.9 Å². The molecule has 0 spiro atoms. The summed E-state index contributed by atoms with van der Waals surface area (Å²) in [6, 6.07) is 35.3. The van der Waals surface area contributed by atoms with E-state index >= 15 is 0 Å². The number of hydrogen-bond acceptors (Lipinski definition) is 2. The van der Waals surface area contributed by atoms with E-state index in [4.69, 9.17) is 0 Å². The number of rotatable bonds is 1. The molecule has 0 unspecified atom stereocenters. The zero-order chi connectivity index (χ0) is 22.4. The van der Waals surface area contributed by atoms with Crippen molar-refractivity contribution in [1.82, 2.24) is 9.97 Å². The third kappa shape index (κ3) is 3.44. The quantitative estimate of drug-likeness (QED) is 0.141. The Hall–Kier alpha value is -3.39. The van der Waals surface area contributed by atoms with Crippen molar-refractivity contribution in [1.29, 1.82) is 0 Å². The molecule has 4 aromatic carbocycles. The molecule has 0 fully saturated rings. The van der Waals surface area contributed by atoms with Crippen LogP contribution in [-0.2, 0) is 25.5 Å². The van der Waals surface area contributed by atoms with E-state index in [0.717, 1.165) is 22.2 Å². The summed E-state index contributed by atoms with van der Waals surface area (Å²) in [6.07, 6.45) is 3.73. The maximum atomic E-state index is 4.69. The zero-order valence-electron chi connectivity index (χ0n) is 19.0. The smallest absolute Gasteiger partial charge is 0.0164 e. The summed E-state index contributed by atoms with van der Waals surface area (Å²) in [4.78, 5) is 8.91. The van der Waals surface area contributed by atoms with E-state index in [2.05, 4.69) is 72.3 Å². The predicted octanol–water partition coefficient (Wildman–Crippen LogP) is 7.53. The number of fused-ring (bicyclic) bond motifs is 3. The zero-order valence-corrected chi connectivity index (χ0v) is 21.4. The Morgan fingerprint density at radius 2 is 1.44 bits per heavy atom. The van der Waals surface area contributed by atoms with Crippen LogP contribution in [0.15, 0.2) is 97.3 Å². The summed E-state index contributed by atoms with van der Waals surface area (Å²) in [7, 11) is 0. The van der Waals surface area contributed by atoms with Crippen LogP contribution in [-0.4, -0.2) is 9.97 Å². The average molecular weight is 615 g/mol. The number of benzene rings is 4. The molecule has 2 aromatic heterocycles. The van der Waals surface area contributed by atoms with Crippen molar-refractivity contribution in [3.8, 4) is 11.3 Å². The van der Waals surface area contributed by atoms with Crippen LogP contribution in [0, 0.1) is 12.1 Å². The first-order valence-corrected chi connectivity index (χ1v) is 11.2. The fourth-order valence-electron chi connectivity index (χ4n) is 5.07. The van der Waals surface area contributed by atoms with Crippen LogP contribution in [0.5, 0.6) is 0 Å². The molecule has 167 valence electrons. The molecule has 0 amide bonds. The predicted molar refractivity (Wildman–Crippen MR) is 136 cm³/mol. The first-order valence-electron chi connectivity index (χ1n) is 11.2. The van der Waals surface area contributed by atoms with Gasteiger partial charge >= 0.3 is 0 Å². The molecule has 0 saturated heterocycles. The van der Waals surface area contributed by atoms with Gasteiger partial charge in [-0.15, -0.1) is 65.5 Å². The summed E-state index contributed by atoms with van der Waals surface area (Å²) in [5.41, 5.74) is 5.95. The second-order valence-electron chi connectivity index (χ2n) is 8.89. The van der Waals surface area contributed by atoms with Gasteiger partial charge in [0.15, 0.2) is 0 Å². The van der Waals surface area contributed by atoms with Crippen LogP contribution in [0.1, 0.15) is 25.0 Å². The van der Waals surface area contributed by atoms with Crippen LogP contribution < -0.4 is 0 Å². The van der Waals surface area contributed by atoms with E-state index in [9.17, 15) is 0 Å². The Morgan fingerprint density at radius 3 is 2.24 bits per heavy atom. The first-order chi connectivity index (χ1) is 16.2. The Morgan fingerprint density at radius 1 is 0.647 bits per heavy atom. The molecular weight excluding hydrogens is 593 g/mol. The van der Waals surface area contributed by atoms with Gasteiger partial charge in [-0.3, -0.25) is 0 Å². The van der Waals surface area contributed by atoms with Crippen LogP contribution in [0.3, 0.4) is 0 Å². The van der Waals surface area contributed by atoms with Crippen molar-refractivity contribution in [3.05, 3.63) is 121 Å². The van der Waals surface area contributed by atoms with Crippen molar-refractivity contribution in [3.63, 3.8) is 0 Å². The van der Waals surface area contributed by atoms with Gasteiger partial charge in [-0.2, -0.15) is 0 Å². The third-order valence-electron chi connectivity index (χ3n) is 6.65. The molecule has 0 N–H and O–H groups in total. The van der Waals surface area contributed by atoms with Gasteiger partial charge in [0.05, 0.1) is 0 Å². The van der Waals surface area contributed by atoms with E-state index in [-0.39, 0.29) is 25.5 Å². The van der Waals surface area contributed by atoms with Crippen LogP contribution in [0.2, 0.25) is 0 Å². The van der Waals surface area contributed by atoms with Crippen molar-refractivity contribution in [2.45, 2.75) is 19.3 Å². The number of pyridine rings is 2. The van der Waals surface area contributed by atoms with Crippen molar-refractivity contribution >= 4 is 32.4 Å². The maximum absolute atomic E-state index is 4.69. The van der Waals surface area contributed by atoms with E-state index in [1.807, 2.05) is 54.7 Å². The second-order valence-corrected chi connectivity index (χ2v) is 8.89. The summed E-state index contributed by atoms with van der Waals surface area (Å²) >= 11 is 0. The minimum absolute atomic E-state index is 0. The van der Waals surface area contributed by atoms with Crippen LogP contribution in [0.4, 0.5) is 0 Å². The topological polar surface area (TPSA) is 25.8 Å². The van der Waals surface area contributed by atoms with Gasteiger partial charge in [0.1, 0.15) is 0 Å². The molecule has 0 atom stereocenters. The van der Waals surface area contributed by atoms with Crippen molar-refractivity contribution < 1.29 is 20.1 Å². The monoisotopic (exact) mass is 615 g/mol. The summed E-state index contributed by atoms with van der Waals surface area (Å²) in [5.74, 6) is 0. The molecule has 2 heterocycles. The minimum Gasteiger partial charge on any atom is -0.305 e. The van der Waals surface area contributed by atoms with Gasteiger partial charge in [0.25, 0.3) is 0 Å². The largest absolute Gasteiger partial charge is 0.305 e. The van der Waals surface area contributed by atoms with Crippen LogP contribution >= 0.6 is 0 Å². The fourth-order valence-corrected chi connectivity index (χ4v) is 5.07. The Kier molecular flexibility index (Phi) is 5.77. The summed E-state index contributed by atoms with van der Waals surface area (Å²) in [5, 5.41) is 6.42. The van der Waals surface area contributed by atoms with Gasteiger partial charge in [-0.1, -0.05) is 55.0 Å². The molecule has 0 saturated carbocycles. The van der Waals surface area contributed by atoms with E-state index in [1.54, 1.807) is 6.20 Å². The summed E-state index contributed by atoms with van der Waals surface area (Å²) in [6.45, 7) is 4.62. The Labute approximate surface area is 213 Å². The van der Waals surface area contributed by atoms with Crippen molar-refractivity contribution in [2.24, 2.45) is 0 Å². The van der Waals surface area contributed by atoms with Gasteiger partial charge in [0.2, 0.25) is 0 Å². The average Bonchev–Trinajstić information content (AvgIpc) is 3.13. The Balaban J connectivity index is 0.000000159. The second kappa shape index (κ2) is 8.76. The molecule has 3 heteroatoms. The SMILES string of the molecule is CC1(C)c2cccc3c4ccc[c-]c4c4nccc1c4c23.[Ir].[c-]1ccccc1-c1ccccn1. The number of aromatic nitrogens is 2. The molecule has 1 radical (unpaired) electrons. The fraction of sp³-hybridized carbons (Fsp3) is 0.0968. The molecular formula is C31H22IrN2-2. The van der Waals surface area contributed by atoms with Crippen molar-refractivity contribution in [2.75, 3.05) is 0 Å². The molecule has 1 aliphatic carbocycles. The molecule has 34 heavy (non-hydrogen) atoms. The Bertz CT molecular complexity index is 1500. The first kappa shape index (κ1) is 22.4. The van der Waals surface area contributed by atoms with Crippen LogP contribution in [0.25, 0.3) is 43.7 Å². The molecule has 0 aliphatic heterocycles.